The van der Waals surface area contributed by atoms with Crippen molar-refractivity contribution in [1.29, 1.82) is 5.26 Å². The van der Waals surface area contributed by atoms with Crippen molar-refractivity contribution in [2.45, 2.75) is 19.3 Å². The van der Waals surface area contributed by atoms with Crippen LogP contribution in [0.3, 0.4) is 0 Å². The molecule has 5 aromatic rings. The fourth-order valence-corrected chi connectivity index (χ4v) is 3.86. The molecule has 2 aromatic carbocycles. The maximum atomic E-state index is 13.2. The number of rotatable bonds is 3. The monoisotopic (exact) mass is 409 g/mol. The van der Waals surface area contributed by atoms with Crippen molar-refractivity contribution < 1.29 is 4.52 Å². The van der Waals surface area contributed by atoms with Gasteiger partial charge in [0, 0.05) is 18.0 Å². The molecular formula is C24H19N5O2. The molecule has 7 heteroatoms. The topological polar surface area (TPSA) is 89.6 Å². The number of benzene rings is 2. The number of nitriles is 1. The third kappa shape index (κ3) is 2.84. The molecule has 31 heavy (non-hydrogen) atoms. The molecule has 0 saturated carbocycles. The number of fused-ring (bicyclic) bond motifs is 3. The number of hydrogen-bond acceptors (Lipinski definition) is 5. The first-order chi connectivity index (χ1) is 14.9. The maximum Gasteiger partial charge on any atom is 0.333 e. The largest absolute Gasteiger partial charge is 0.364 e. The Hall–Kier alpha value is -4.18. The fraction of sp³-hybridized carbons (Fsp3) is 0.167. The van der Waals surface area contributed by atoms with Gasteiger partial charge in [0.05, 0.1) is 46.1 Å². The second kappa shape index (κ2) is 6.67. The molecule has 0 unspecified atom stereocenters. The van der Waals surface area contributed by atoms with E-state index in [9.17, 15) is 10.1 Å². The van der Waals surface area contributed by atoms with Crippen LogP contribution in [0.4, 0.5) is 0 Å². The first kappa shape index (κ1) is 18.8. The van der Waals surface area contributed by atoms with Gasteiger partial charge in [0.25, 0.3) is 0 Å². The maximum absolute atomic E-state index is 13.2. The zero-order chi connectivity index (χ0) is 21.8. The lowest BCUT2D eigenvalue weighted by atomic mass is 9.86. The van der Waals surface area contributed by atoms with E-state index in [1.807, 2.05) is 56.3 Å². The number of pyridine rings is 1. The van der Waals surface area contributed by atoms with Crippen LogP contribution < -0.4 is 5.69 Å². The quantitative estimate of drug-likeness (QED) is 0.442. The first-order valence-corrected chi connectivity index (χ1v) is 9.83. The fourth-order valence-electron chi connectivity index (χ4n) is 3.86. The third-order valence-corrected chi connectivity index (χ3v) is 5.78. The van der Waals surface area contributed by atoms with Crippen LogP contribution in [0.2, 0.25) is 0 Å². The summed E-state index contributed by atoms with van der Waals surface area (Å²) in [5, 5.41) is 14.1. The molecule has 0 aliphatic heterocycles. The molecule has 0 aliphatic carbocycles. The van der Waals surface area contributed by atoms with Crippen LogP contribution in [0.15, 0.2) is 70.4 Å². The highest BCUT2D eigenvalue weighted by Gasteiger charge is 2.21. The normalized spacial score (nSPS) is 11.8. The van der Waals surface area contributed by atoms with Gasteiger partial charge in [-0.05, 0) is 49.2 Å². The Morgan fingerprint density at radius 2 is 1.84 bits per heavy atom. The minimum absolute atomic E-state index is 0.160. The Morgan fingerprint density at radius 1 is 1.06 bits per heavy atom. The van der Waals surface area contributed by atoms with E-state index in [2.05, 4.69) is 16.2 Å². The number of aromatic nitrogens is 4. The van der Waals surface area contributed by atoms with Crippen molar-refractivity contribution in [2.24, 2.45) is 7.05 Å². The van der Waals surface area contributed by atoms with Gasteiger partial charge >= 0.3 is 5.69 Å². The van der Waals surface area contributed by atoms with E-state index in [1.54, 1.807) is 34.8 Å². The minimum Gasteiger partial charge on any atom is -0.364 e. The average molecular weight is 409 g/mol. The van der Waals surface area contributed by atoms with Crippen molar-refractivity contribution in [3.8, 4) is 22.9 Å². The molecule has 0 amide bonds. The lowest BCUT2D eigenvalue weighted by Crippen LogP contribution is -2.21. The molecule has 3 heterocycles. The van der Waals surface area contributed by atoms with Crippen LogP contribution >= 0.6 is 0 Å². The molecular weight excluding hydrogens is 390 g/mol. The van der Waals surface area contributed by atoms with Crippen molar-refractivity contribution in [3.63, 3.8) is 0 Å². The Balaban J connectivity index is 1.80. The number of hydrogen-bond donors (Lipinski definition) is 0. The number of aryl methyl sites for hydroxylation is 1. The first-order valence-electron chi connectivity index (χ1n) is 9.83. The molecule has 0 atom stereocenters. The van der Waals surface area contributed by atoms with Crippen molar-refractivity contribution in [1.82, 2.24) is 19.3 Å². The predicted octanol–water partition coefficient (Wildman–Crippen LogP) is 4.33. The SMILES string of the molecule is Cn1c(=O)n(-c2ccc(C(C)(C)C#N)cc2)c2c3cc(-c4cnoc4)ccc3ncc21. The highest BCUT2D eigenvalue weighted by atomic mass is 16.5. The summed E-state index contributed by atoms with van der Waals surface area (Å²) >= 11 is 0. The van der Waals surface area contributed by atoms with Gasteiger partial charge in [-0.2, -0.15) is 5.26 Å². The third-order valence-electron chi connectivity index (χ3n) is 5.78. The van der Waals surface area contributed by atoms with E-state index in [1.165, 1.54) is 0 Å². The lowest BCUT2D eigenvalue weighted by Gasteiger charge is -2.16. The van der Waals surface area contributed by atoms with Gasteiger partial charge in [-0.15, -0.1) is 0 Å². The van der Waals surface area contributed by atoms with E-state index in [-0.39, 0.29) is 5.69 Å². The molecule has 0 N–H and O–H groups in total. The molecule has 3 aromatic heterocycles. The van der Waals surface area contributed by atoms with Gasteiger partial charge in [0.15, 0.2) is 0 Å². The molecule has 7 nitrogen and oxygen atoms in total. The highest BCUT2D eigenvalue weighted by molar-refractivity contribution is 6.04. The van der Waals surface area contributed by atoms with E-state index in [0.717, 1.165) is 44.3 Å². The summed E-state index contributed by atoms with van der Waals surface area (Å²) in [4.78, 5) is 17.8. The van der Waals surface area contributed by atoms with Gasteiger partial charge in [-0.3, -0.25) is 14.1 Å². The molecule has 0 saturated heterocycles. The van der Waals surface area contributed by atoms with Crippen LogP contribution in [-0.2, 0) is 12.5 Å². The summed E-state index contributed by atoms with van der Waals surface area (Å²) in [5.41, 5.74) is 4.95. The summed E-state index contributed by atoms with van der Waals surface area (Å²) in [5.74, 6) is 0. The zero-order valence-corrected chi connectivity index (χ0v) is 17.3. The molecule has 0 fully saturated rings. The van der Waals surface area contributed by atoms with Gasteiger partial charge < -0.3 is 4.52 Å². The number of nitrogens with zero attached hydrogens (tertiary/aromatic N) is 5. The van der Waals surface area contributed by atoms with Gasteiger partial charge in [-0.25, -0.2) is 4.79 Å². The summed E-state index contributed by atoms with van der Waals surface area (Å²) in [6, 6.07) is 15.8. The summed E-state index contributed by atoms with van der Waals surface area (Å²) in [7, 11) is 1.74. The molecule has 0 spiro atoms. The Morgan fingerprint density at radius 3 is 2.52 bits per heavy atom. The summed E-state index contributed by atoms with van der Waals surface area (Å²) < 4.78 is 8.28. The molecule has 5 rings (SSSR count). The zero-order valence-electron chi connectivity index (χ0n) is 17.3. The van der Waals surface area contributed by atoms with Gasteiger partial charge in [0.2, 0.25) is 0 Å². The highest BCUT2D eigenvalue weighted by Crippen LogP contribution is 2.30. The van der Waals surface area contributed by atoms with Crippen molar-refractivity contribution in [3.05, 3.63) is 77.2 Å². The van der Waals surface area contributed by atoms with Crippen LogP contribution in [0.1, 0.15) is 19.4 Å². The smallest absolute Gasteiger partial charge is 0.333 e. The second-order valence-corrected chi connectivity index (χ2v) is 8.10. The van der Waals surface area contributed by atoms with E-state index >= 15 is 0 Å². The predicted molar refractivity (Wildman–Crippen MR) is 118 cm³/mol. The average Bonchev–Trinajstić information content (AvgIpc) is 3.41. The van der Waals surface area contributed by atoms with Crippen LogP contribution in [-0.4, -0.2) is 19.3 Å². The van der Waals surface area contributed by atoms with Gasteiger partial charge in [0.1, 0.15) is 6.26 Å². The Bertz CT molecular complexity index is 1530. The standard InChI is InChI=1S/C24H19N5O2/c1-24(2,14-25)17-5-7-18(8-6-17)29-22-19-10-15(16-11-27-31-13-16)4-9-20(19)26-12-21(22)28(3)23(29)30/h4-13H,1-3H3. The molecule has 0 aliphatic rings. The molecule has 152 valence electrons. The summed E-state index contributed by atoms with van der Waals surface area (Å²) in [6.07, 6.45) is 4.97. The summed E-state index contributed by atoms with van der Waals surface area (Å²) in [6.45, 7) is 3.75. The van der Waals surface area contributed by atoms with E-state index < -0.39 is 5.41 Å². The Labute approximate surface area is 177 Å². The van der Waals surface area contributed by atoms with Crippen LogP contribution in [0, 0.1) is 11.3 Å². The van der Waals surface area contributed by atoms with Crippen molar-refractivity contribution in [2.75, 3.05) is 0 Å². The van der Waals surface area contributed by atoms with E-state index in [4.69, 9.17) is 4.52 Å². The lowest BCUT2D eigenvalue weighted by molar-refractivity contribution is 0.420. The molecule has 0 radical (unpaired) electrons. The Kier molecular flexibility index (Phi) is 4.05. The van der Waals surface area contributed by atoms with E-state index in [0.29, 0.717) is 0 Å². The van der Waals surface area contributed by atoms with Crippen LogP contribution in [0.25, 0.3) is 38.8 Å². The minimum atomic E-state index is -0.605. The number of imidazole rings is 1. The van der Waals surface area contributed by atoms with Crippen LogP contribution in [0.5, 0.6) is 0 Å². The molecule has 0 bridgehead atoms. The second-order valence-electron chi connectivity index (χ2n) is 8.10. The van der Waals surface area contributed by atoms with Gasteiger partial charge in [-0.1, -0.05) is 23.4 Å². The van der Waals surface area contributed by atoms with Crippen molar-refractivity contribution >= 4 is 21.9 Å².